The molecule has 0 spiro atoms. The number of carbonyl (C=O) groups excluding carboxylic acids is 1. The van der Waals surface area contributed by atoms with Crippen molar-refractivity contribution in [3.8, 4) is 0 Å². The molecule has 0 amide bonds. The van der Waals surface area contributed by atoms with Gasteiger partial charge in [0.2, 0.25) is 10.0 Å². The van der Waals surface area contributed by atoms with Gasteiger partial charge in [0.25, 0.3) is 0 Å². The van der Waals surface area contributed by atoms with Crippen LogP contribution in [0.15, 0.2) is 24.4 Å². The Morgan fingerprint density at radius 1 is 1.19 bits per heavy atom. The predicted molar refractivity (Wildman–Crippen MR) is 100 cm³/mol. The van der Waals surface area contributed by atoms with Crippen LogP contribution in [0.3, 0.4) is 0 Å². The number of Topliss-reactive ketones (excluding diaryl/α,β-unsaturated/α-hetero) is 1. The second-order valence-corrected chi connectivity index (χ2v) is 10.5. The first kappa shape index (κ1) is 17.9. The molecule has 0 aromatic carbocycles. The Bertz CT molecular complexity index is 801. The third kappa shape index (κ3) is 2.59. The fourth-order valence-electron chi connectivity index (χ4n) is 5.25. The molecule has 0 radical (unpaired) electrons. The van der Waals surface area contributed by atoms with Gasteiger partial charge in [-0.3, -0.25) is 4.79 Å². The van der Waals surface area contributed by atoms with Crippen LogP contribution < -0.4 is 4.90 Å². The van der Waals surface area contributed by atoms with Crippen molar-refractivity contribution < 1.29 is 13.2 Å². The summed E-state index contributed by atoms with van der Waals surface area (Å²) in [6.45, 7) is 6.33. The van der Waals surface area contributed by atoms with Gasteiger partial charge in [0.15, 0.2) is 0 Å². The van der Waals surface area contributed by atoms with Gasteiger partial charge in [0, 0.05) is 44.2 Å². The first-order valence-electron chi connectivity index (χ1n) is 9.43. The Labute approximate surface area is 155 Å². The Balaban J connectivity index is 1.48. The Kier molecular flexibility index (Phi) is 4.15. The lowest BCUT2D eigenvalue weighted by Crippen LogP contribution is -2.52. The zero-order valence-corrected chi connectivity index (χ0v) is 16.3. The van der Waals surface area contributed by atoms with E-state index in [9.17, 15) is 13.2 Å². The first-order chi connectivity index (χ1) is 12.3. The normalized spacial score (nSPS) is 31.5. The van der Waals surface area contributed by atoms with E-state index in [1.165, 1.54) is 0 Å². The van der Waals surface area contributed by atoms with Crippen LogP contribution in [0, 0.1) is 16.7 Å². The van der Waals surface area contributed by atoms with E-state index in [0.29, 0.717) is 38.5 Å². The molecule has 1 unspecified atom stereocenters. The van der Waals surface area contributed by atoms with Gasteiger partial charge in [-0.25, -0.2) is 13.4 Å². The third-order valence-electron chi connectivity index (χ3n) is 7.17. The highest BCUT2D eigenvalue weighted by molar-refractivity contribution is 7.89. The average molecular weight is 378 g/mol. The molecule has 2 saturated carbocycles. The smallest absolute Gasteiger partial charge is 0.215 e. The van der Waals surface area contributed by atoms with Crippen LogP contribution in [0.2, 0.25) is 0 Å². The van der Waals surface area contributed by atoms with Gasteiger partial charge >= 0.3 is 0 Å². The van der Waals surface area contributed by atoms with Crippen LogP contribution in [0.5, 0.6) is 0 Å². The number of ketones is 1. The predicted octanol–water partition coefficient (Wildman–Crippen LogP) is 1.93. The lowest BCUT2D eigenvalue weighted by molar-refractivity contribution is -0.128. The number of aromatic nitrogens is 1. The van der Waals surface area contributed by atoms with Gasteiger partial charge in [-0.05, 0) is 36.3 Å². The summed E-state index contributed by atoms with van der Waals surface area (Å²) in [5.41, 5.74) is -0.901. The van der Waals surface area contributed by atoms with E-state index in [0.717, 1.165) is 18.7 Å². The van der Waals surface area contributed by atoms with Crippen molar-refractivity contribution in [3.63, 3.8) is 0 Å². The summed E-state index contributed by atoms with van der Waals surface area (Å²) in [7, 11) is -3.45. The van der Waals surface area contributed by atoms with Crippen LogP contribution >= 0.6 is 0 Å². The number of piperazine rings is 1. The molecule has 1 aromatic heterocycles. The molecule has 3 fully saturated rings. The van der Waals surface area contributed by atoms with Gasteiger partial charge in [0.05, 0.1) is 5.75 Å². The summed E-state index contributed by atoms with van der Waals surface area (Å²) < 4.78 is 27.9. The molecule has 2 aliphatic carbocycles. The van der Waals surface area contributed by atoms with Crippen LogP contribution in [-0.4, -0.2) is 55.4 Å². The molecule has 2 atom stereocenters. The maximum absolute atomic E-state index is 13.1. The van der Waals surface area contributed by atoms with Crippen LogP contribution in [0.1, 0.15) is 33.1 Å². The summed E-state index contributed by atoms with van der Waals surface area (Å²) in [6, 6.07) is 5.76. The highest BCUT2D eigenvalue weighted by Crippen LogP contribution is 2.64. The highest BCUT2D eigenvalue weighted by Gasteiger charge is 2.65. The number of pyridine rings is 1. The Morgan fingerprint density at radius 2 is 1.92 bits per heavy atom. The van der Waals surface area contributed by atoms with Gasteiger partial charge < -0.3 is 4.90 Å². The van der Waals surface area contributed by atoms with E-state index in [-0.39, 0.29) is 17.0 Å². The molecule has 1 aromatic rings. The number of sulfonamides is 1. The minimum Gasteiger partial charge on any atom is -0.354 e. The second-order valence-electron chi connectivity index (χ2n) is 8.50. The minimum atomic E-state index is -3.45. The quantitative estimate of drug-likeness (QED) is 0.802. The van der Waals surface area contributed by atoms with E-state index < -0.39 is 15.4 Å². The number of fused-ring (bicyclic) bond motifs is 2. The Hall–Kier alpha value is -1.47. The second kappa shape index (κ2) is 6.02. The first-order valence-corrected chi connectivity index (χ1v) is 11.0. The van der Waals surface area contributed by atoms with Gasteiger partial charge in [-0.15, -0.1) is 0 Å². The molecule has 2 heterocycles. The fourth-order valence-corrected chi connectivity index (χ4v) is 7.45. The van der Waals surface area contributed by atoms with Crippen molar-refractivity contribution in [3.05, 3.63) is 24.4 Å². The molecule has 0 N–H and O–H groups in total. The lowest BCUT2D eigenvalue weighted by atomic mass is 9.70. The lowest BCUT2D eigenvalue weighted by Gasteiger charge is -2.40. The van der Waals surface area contributed by atoms with Gasteiger partial charge in [0.1, 0.15) is 11.6 Å². The molecule has 7 heteroatoms. The van der Waals surface area contributed by atoms with E-state index in [1.54, 1.807) is 10.5 Å². The number of hydrogen-bond donors (Lipinski definition) is 0. The van der Waals surface area contributed by atoms with Crippen LogP contribution in [-0.2, 0) is 14.8 Å². The largest absolute Gasteiger partial charge is 0.354 e. The molecular weight excluding hydrogens is 350 g/mol. The molecule has 6 nitrogen and oxygen atoms in total. The van der Waals surface area contributed by atoms with E-state index in [2.05, 4.69) is 23.7 Å². The van der Waals surface area contributed by atoms with E-state index >= 15 is 0 Å². The van der Waals surface area contributed by atoms with Crippen LogP contribution in [0.4, 0.5) is 5.82 Å². The average Bonchev–Trinajstić information content (AvgIpc) is 2.96. The summed E-state index contributed by atoms with van der Waals surface area (Å²) in [5.74, 6) is 1.36. The van der Waals surface area contributed by atoms with Crippen molar-refractivity contribution in [1.29, 1.82) is 0 Å². The topological polar surface area (TPSA) is 70.6 Å². The summed E-state index contributed by atoms with van der Waals surface area (Å²) in [6.07, 6.45) is 4.00. The van der Waals surface area contributed by atoms with Gasteiger partial charge in [-0.1, -0.05) is 19.9 Å². The zero-order valence-electron chi connectivity index (χ0n) is 15.5. The molecule has 2 bridgehead atoms. The van der Waals surface area contributed by atoms with Crippen LogP contribution in [0.25, 0.3) is 0 Å². The Morgan fingerprint density at radius 3 is 2.46 bits per heavy atom. The van der Waals surface area contributed by atoms with Crippen molar-refractivity contribution in [2.24, 2.45) is 16.7 Å². The van der Waals surface area contributed by atoms with E-state index in [1.807, 2.05) is 18.2 Å². The molecule has 1 saturated heterocycles. The number of hydrogen-bond acceptors (Lipinski definition) is 5. The van der Waals surface area contributed by atoms with Crippen molar-refractivity contribution in [2.45, 2.75) is 33.1 Å². The van der Waals surface area contributed by atoms with Crippen molar-refractivity contribution >= 4 is 21.6 Å². The minimum absolute atomic E-state index is 0.0219. The number of nitrogens with zero attached hydrogens (tertiary/aromatic N) is 3. The molecule has 26 heavy (non-hydrogen) atoms. The SMILES string of the molecule is CC1(C)C2CC[C@]1(CS(=O)(=O)N1CCN(c3ccccn3)CC1)C(=O)C2. The van der Waals surface area contributed by atoms with E-state index in [4.69, 9.17) is 0 Å². The molecule has 4 rings (SSSR count). The molecule has 142 valence electrons. The number of rotatable bonds is 4. The highest BCUT2D eigenvalue weighted by atomic mass is 32.2. The van der Waals surface area contributed by atoms with Crippen molar-refractivity contribution in [1.82, 2.24) is 9.29 Å². The summed E-state index contributed by atoms with van der Waals surface area (Å²) >= 11 is 0. The summed E-state index contributed by atoms with van der Waals surface area (Å²) in [4.78, 5) is 19.1. The van der Waals surface area contributed by atoms with Gasteiger partial charge in [-0.2, -0.15) is 4.31 Å². The fraction of sp³-hybridized carbons (Fsp3) is 0.684. The standard InChI is InChI=1S/C19H27N3O3S/c1-18(2)15-6-7-19(18,16(23)13-15)14-26(24,25)22-11-9-21(10-12-22)17-5-3-4-8-20-17/h3-5,8,15H,6-7,9-14H2,1-2H3/t15?,19-/m0/s1. The number of anilines is 1. The zero-order chi connectivity index (χ0) is 18.6. The molecule has 1 aliphatic heterocycles. The monoisotopic (exact) mass is 377 g/mol. The third-order valence-corrected chi connectivity index (χ3v) is 9.18. The molecular formula is C19H27N3O3S. The maximum atomic E-state index is 13.1. The maximum Gasteiger partial charge on any atom is 0.215 e. The number of carbonyl (C=O) groups is 1. The summed E-state index contributed by atoms with van der Waals surface area (Å²) in [5, 5.41) is 0. The molecule has 3 aliphatic rings. The van der Waals surface area contributed by atoms with Crippen molar-refractivity contribution in [2.75, 3.05) is 36.8 Å².